The largest absolute Gasteiger partial charge is 1.00 e. The third-order valence-electron chi connectivity index (χ3n) is 3.15. The number of halogens is 6. The van der Waals surface area contributed by atoms with Gasteiger partial charge < -0.3 is 5.32 Å². The molecule has 8 heteroatoms. The number of hydrogen-bond acceptors (Lipinski definition) is 0. The van der Waals surface area contributed by atoms with E-state index in [4.69, 9.17) is 0 Å². The molecule has 0 bridgehead atoms. The van der Waals surface area contributed by atoms with Gasteiger partial charge in [0.25, 0.3) is 0 Å². The van der Waals surface area contributed by atoms with Crippen LogP contribution in [-0.2, 0) is 0 Å². The van der Waals surface area contributed by atoms with Crippen molar-refractivity contribution in [3.8, 4) is 0 Å². The predicted molar refractivity (Wildman–Crippen MR) is 73.8 cm³/mol. The van der Waals surface area contributed by atoms with Gasteiger partial charge in [-0.25, -0.2) is 0 Å². The molecule has 1 nitrogen and oxygen atoms in total. The summed E-state index contributed by atoms with van der Waals surface area (Å²) in [6, 6.07) is 7.63. The molecule has 2 atom stereocenters. The van der Waals surface area contributed by atoms with Crippen LogP contribution in [0.2, 0.25) is 0 Å². The van der Waals surface area contributed by atoms with Crippen molar-refractivity contribution >= 4 is 0 Å². The van der Waals surface area contributed by atoms with Crippen LogP contribution < -0.4 is 18.9 Å². The van der Waals surface area contributed by atoms with E-state index in [1.165, 1.54) is 36.4 Å². The van der Waals surface area contributed by atoms with Gasteiger partial charge in [0.15, 0.2) is 0 Å². The molecule has 2 rings (SSSR count). The zero-order chi connectivity index (χ0) is 17.1. The molecule has 0 aromatic heterocycles. The minimum absolute atomic E-state index is 0. The fourth-order valence-electron chi connectivity index (χ4n) is 2.14. The first kappa shape index (κ1) is 20.6. The molecule has 2 aromatic carbocycles. The van der Waals surface area contributed by atoms with E-state index in [1.54, 1.807) is 0 Å². The molecule has 0 spiro atoms. The van der Waals surface area contributed by atoms with Crippen LogP contribution in [0.1, 0.15) is 23.2 Å². The Balaban J connectivity index is 0.00000288. The summed E-state index contributed by atoms with van der Waals surface area (Å²) in [4.78, 5) is 0. The zero-order valence-corrected chi connectivity index (χ0v) is 12.6. The first-order chi connectivity index (χ1) is 10.7. The number of hydrogen-bond donors (Lipinski definition) is 0. The third kappa shape index (κ3) is 5.30. The van der Waals surface area contributed by atoms with Crippen molar-refractivity contribution in [2.75, 3.05) is 0 Å². The second-order valence-electron chi connectivity index (χ2n) is 4.86. The van der Waals surface area contributed by atoms with Crippen LogP contribution >= 0.6 is 0 Å². The molecule has 24 heavy (non-hydrogen) atoms. The van der Waals surface area contributed by atoms with Crippen molar-refractivity contribution in [3.63, 3.8) is 0 Å². The maximum Gasteiger partial charge on any atom is 1.00 e. The van der Waals surface area contributed by atoms with E-state index in [9.17, 15) is 26.3 Å². The number of alkyl halides is 6. The fraction of sp³-hybridized carbons (Fsp3) is 0.250. The van der Waals surface area contributed by atoms with E-state index in [1.807, 2.05) is 0 Å². The minimum atomic E-state index is -4.92. The molecule has 0 aliphatic carbocycles. The van der Waals surface area contributed by atoms with Crippen molar-refractivity contribution in [2.45, 2.75) is 24.4 Å². The Labute approximate surface area is 147 Å². The molecule has 0 saturated carbocycles. The maximum atomic E-state index is 13.2. The second-order valence-corrected chi connectivity index (χ2v) is 4.86. The van der Waals surface area contributed by atoms with Gasteiger partial charge in [-0.15, -0.1) is 0 Å². The molecule has 0 amide bonds. The summed E-state index contributed by atoms with van der Waals surface area (Å²) in [5.74, 6) is 0. The Morgan fingerprint density at radius 3 is 1.12 bits per heavy atom. The van der Waals surface area contributed by atoms with Gasteiger partial charge in [0.05, 0.1) is 0 Å². The van der Waals surface area contributed by atoms with Gasteiger partial charge in [0, 0.05) is 0 Å². The Bertz CT molecular complexity index is 556. The molecule has 0 saturated heterocycles. The first-order valence-electron chi connectivity index (χ1n) is 6.63. The van der Waals surface area contributed by atoms with Crippen molar-refractivity contribution in [3.05, 3.63) is 77.1 Å². The summed E-state index contributed by atoms with van der Waals surface area (Å²) >= 11 is 0. The molecular weight excluding hydrogens is 327 g/mol. The first-order valence-corrected chi connectivity index (χ1v) is 6.63. The van der Waals surface area contributed by atoms with E-state index in [0.717, 1.165) is 24.3 Å². The van der Waals surface area contributed by atoms with Crippen LogP contribution in [0.3, 0.4) is 0 Å². The van der Waals surface area contributed by atoms with E-state index in [0.29, 0.717) is 0 Å². The van der Waals surface area contributed by atoms with Gasteiger partial charge in [0.2, 0.25) is 0 Å². The summed E-state index contributed by atoms with van der Waals surface area (Å²) in [6.45, 7) is 0. The predicted octanol–water partition coefficient (Wildman–Crippen LogP) is 2.97. The summed E-state index contributed by atoms with van der Waals surface area (Å²) in [7, 11) is 0. The molecule has 2 aromatic rings. The van der Waals surface area contributed by atoms with Crippen molar-refractivity contribution < 1.29 is 45.2 Å². The monoisotopic (exact) mass is 339 g/mol. The van der Waals surface area contributed by atoms with Crippen LogP contribution in [-0.4, -0.2) is 12.4 Å². The van der Waals surface area contributed by atoms with Crippen LogP contribution in [0.5, 0.6) is 0 Å². The standard InChI is InChI=1S/C16H12F6N.Li/c17-15(18,19)13(11-7-3-1-4-8-11)23-14(16(20,21)22)12-9-5-2-6-10-12;/h1-10,13-14H;/q-1;+1/t13-,14-;/m1./s1. The number of nitrogens with zero attached hydrogens (tertiary/aromatic N) is 1. The minimum Gasteiger partial charge on any atom is -0.634 e. The molecule has 0 N–H and O–H groups in total. The van der Waals surface area contributed by atoms with Crippen LogP contribution in [0.4, 0.5) is 26.3 Å². The molecule has 0 aliphatic heterocycles. The number of rotatable bonds is 4. The molecular formula is C16H12F6LiN. The molecule has 0 radical (unpaired) electrons. The summed E-state index contributed by atoms with van der Waals surface area (Å²) < 4.78 is 79.3. The molecule has 0 aliphatic rings. The van der Waals surface area contributed by atoms with E-state index < -0.39 is 24.4 Å². The molecule has 124 valence electrons. The quantitative estimate of drug-likeness (QED) is 0.601. The van der Waals surface area contributed by atoms with Gasteiger partial charge in [-0.1, -0.05) is 71.8 Å². The van der Waals surface area contributed by atoms with E-state index >= 15 is 0 Å². The maximum absolute atomic E-state index is 13.2. The fourth-order valence-corrected chi connectivity index (χ4v) is 2.14. The Kier molecular flexibility index (Phi) is 6.96. The van der Waals surface area contributed by atoms with Crippen LogP contribution in [0.25, 0.3) is 5.32 Å². The topological polar surface area (TPSA) is 14.1 Å². The van der Waals surface area contributed by atoms with Gasteiger partial charge >= 0.3 is 31.2 Å². The summed E-state index contributed by atoms with van der Waals surface area (Å²) in [5, 5.41) is 3.11. The molecule has 0 fully saturated rings. The smallest absolute Gasteiger partial charge is 0.634 e. The van der Waals surface area contributed by atoms with E-state index in [-0.39, 0.29) is 30.0 Å². The average Bonchev–Trinajstić information content (AvgIpc) is 2.47. The van der Waals surface area contributed by atoms with Gasteiger partial charge in [0.1, 0.15) is 0 Å². The Morgan fingerprint density at radius 1 is 0.583 bits per heavy atom. The van der Waals surface area contributed by atoms with Gasteiger partial charge in [-0.05, 0) is 12.1 Å². The number of benzene rings is 2. The normalized spacial score (nSPS) is 14.6. The van der Waals surface area contributed by atoms with E-state index in [2.05, 4.69) is 5.32 Å². The molecule has 0 unspecified atom stereocenters. The SMILES string of the molecule is FC(F)(F)[C@H]([N-][C@H](c1ccccc1)C(F)(F)F)c1ccccc1.[Li+]. The van der Waals surface area contributed by atoms with Gasteiger partial charge in [-0.2, -0.15) is 26.3 Å². The van der Waals surface area contributed by atoms with Crippen molar-refractivity contribution in [1.29, 1.82) is 0 Å². The summed E-state index contributed by atoms with van der Waals surface area (Å²) in [6.07, 6.45) is -9.83. The summed E-state index contributed by atoms with van der Waals surface area (Å²) in [5.41, 5.74) is -0.657. The average molecular weight is 339 g/mol. The Hall–Kier alpha value is -1.42. The van der Waals surface area contributed by atoms with Crippen LogP contribution in [0.15, 0.2) is 60.7 Å². The van der Waals surface area contributed by atoms with Gasteiger partial charge in [-0.3, -0.25) is 0 Å². The third-order valence-corrected chi connectivity index (χ3v) is 3.15. The second kappa shape index (κ2) is 8.10. The Morgan fingerprint density at radius 2 is 0.875 bits per heavy atom. The molecule has 0 heterocycles. The van der Waals surface area contributed by atoms with Crippen molar-refractivity contribution in [1.82, 2.24) is 0 Å². The van der Waals surface area contributed by atoms with Crippen LogP contribution in [0, 0.1) is 0 Å². The van der Waals surface area contributed by atoms with Crippen molar-refractivity contribution in [2.24, 2.45) is 0 Å². The zero-order valence-electron chi connectivity index (χ0n) is 12.6.